The van der Waals surface area contributed by atoms with E-state index in [4.69, 9.17) is 26.0 Å². The average molecular weight is 531 g/mol. The maximum Gasteiger partial charge on any atom is 0.303 e. The van der Waals surface area contributed by atoms with Crippen LogP contribution >= 0.6 is 24.0 Å². The zero-order valence-electron chi connectivity index (χ0n) is 20.1. The molecule has 0 aliphatic carbocycles. The molecule has 0 spiro atoms. The Kier molecular flexibility index (Phi) is 9.32. The summed E-state index contributed by atoms with van der Waals surface area (Å²) in [5.41, 5.74) is 2.74. The first-order valence-electron chi connectivity index (χ1n) is 11.6. The van der Waals surface area contributed by atoms with Crippen LogP contribution in [-0.4, -0.2) is 45.3 Å². The Morgan fingerprint density at radius 2 is 2.03 bits per heavy atom. The SMILES string of the molecule is CC(C)Oc1ccc(-c2nc(-c3ccc(CN4CCC(CC(=O)O)CC4)cc3Cl)no2)cc1C#N.Cl. The summed E-state index contributed by atoms with van der Waals surface area (Å²) in [6.07, 6.45) is 1.98. The molecule has 0 amide bonds. The number of halogens is 2. The first-order chi connectivity index (χ1) is 16.8. The fourth-order valence-corrected chi connectivity index (χ4v) is 4.54. The van der Waals surface area contributed by atoms with Crippen molar-refractivity contribution in [1.29, 1.82) is 5.26 Å². The van der Waals surface area contributed by atoms with Gasteiger partial charge in [-0.05, 0) is 81.6 Å². The molecule has 3 aromatic rings. The molecule has 0 atom stereocenters. The van der Waals surface area contributed by atoms with Gasteiger partial charge >= 0.3 is 5.97 Å². The van der Waals surface area contributed by atoms with Crippen molar-refractivity contribution in [3.8, 4) is 34.7 Å². The standard InChI is InChI=1S/C26H27ClN4O4.ClH/c1-16(2)34-23-6-4-19(13-20(23)14-28)26-29-25(30-35-26)21-5-3-18(11-22(21)27)15-31-9-7-17(8-10-31)12-24(32)33;/h3-6,11,13,16-17H,7-10,12,15H2,1-2H3,(H,32,33);1H. The molecule has 10 heteroatoms. The van der Waals surface area contributed by atoms with E-state index in [1.54, 1.807) is 18.2 Å². The molecule has 1 aliphatic rings. The second kappa shape index (κ2) is 12.2. The Hall–Kier alpha value is -3.12. The van der Waals surface area contributed by atoms with Gasteiger partial charge in [-0.15, -0.1) is 12.4 Å². The van der Waals surface area contributed by atoms with E-state index in [9.17, 15) is 10.1 Å². The molecular weight excluding hydrogens is 503 g/mol. The van der Waals surface area contributed by atoms with E-state index in [1.807, 2.05) is 32.0 Å². The number of hydrogen-bond donors (Lipinski definition) is 1. The number of rotatable bonds is 8. The lowest BCUT2D eigenvalue weighted by molar-refractivity contribution is -0.138. The van der Waals surface area contributed by atoms with Gasteiger partial charge in [-0.1, -0.05) is 22.8 Å². The van der Waals surface area contributed by atoms with Crippen molar-refractivity contribution in [2.24, 2.45) is 5.92 Å². The van der Waals surface area contributed by atoms with Crippen LogP contribution in [0.15, 0.2) is 40.9 Å². The highest BCUT2D eigenvalue weighted by atomic mass is 35.5. The minimum atomic E-state index is -0.724. The zero-order chi connectivity index (χ0) is 24.9. The maximum absolute atomic E-state index is 10.9. The number of aromatic nitrogens is 2. The lowest BCUT2D eigenvalue weighted by atomic mass is 9.93. The largest absolute Gasteiger partial charge is 0.490 e. The summed E-state index contributed by atoms with van der Waals surface area (Å²) >= 11 is 6.57. The molecule has 36 heavy (non-hydrogen) atoms. The third kappa shape index (κ3) is 6.76. The van der Waals surface area contributed by atoms with Gasteiger partial charge in [0.1, 0.15) is 11.8 Å². The normalized spacial score (nSPS) is 14.3. The van der Waals surface area contributed by atoms with Gasteiger partial charge in [-0.2, -0.15) is 10.2 Å². The number of carboxylic acids is 1. The van der Waals surface area contributed by atoms with Crippen LogP contribution in [0.25, 0.3) is 22.8 Å². The minimum Gasteiger partial charge on any atom is -0.490 e. The van der Waals surface area contributed by atoms with Gasteiger partial charge < -0.3 is 14.4 Å². The highest BCUT2D eigenvalue weighted by Gasteiger charge is 2.22. The summed E-state index contributed by atoms with van der Waals surface area (Å²) in [4.78, 5) is 17.7. The molecule has 2 aromatic carbocycles. The summed E-state index contributed by atoms with van der Waals surface area (Å²) in [6.45, 7) is 6.30. The molecule has 1 saturated heterocycles. The van der Waals surface area contributed by atoms with Crippen molar-refractivity contribution < 1.29 is 19.2 Å². The van der Waals surface area contributed by atoms with E-state index in [-0.39, 0.29) is 36.7 Å². The first kappa shape index (κ1) is 27.5. The van der Waals surface area contributed by atoms with Crippen molar-refractivity contribution in [2.75, 3.05) is 13.1 Å². The zero-order valence-corrected chi connectivity index (χ0v) is 21.7. The lowest BCUT2D eigenvalue weighted by Gasteiger charge is -2.31. The maximum atomic E-state index is 10.9. The van der Waals surface area contributed by atoms with E-state index < -0.39 is 5.97 Å². The number of nitrogens with zero attached hydrogens (tertiary/aromatic N) is 4. The van der Waals surface area contributed by atoms with Crippen LogP contribution in [0, 0.1) is 17.2 Å². The molecule has 2 heterocycles. The van der Waals surface area contributed by atoms with Gasteiger partial charge in [0.25, 0.3) is 5.89 Å². The number of hydrogen-bond acceptors (Lipinski definition) is 7. The molecule has 8 nitrogen and oxygen atoms in total. The van der Waals surface area contributed by atoms with Gasteiger partial charge in [0, 0.05) is 24.1 Å². The van der Waals surface area contributed by atoms with Crippen molar-refractivity contribution >= 4 is 30.0 Å². The van der Waals surface area contributed by atoms with Crippen LogP contribution in [0.1, 0.15) is 44.2 Å². The quantitative estimate of drug-likeness (QED) is 0.387. The van der Waals surface area contributed by atoms with E-state index in [0.29, 0.717) is 33.3 Å². The van der Waals surface area contributed by atoms with Gasteiger partial charge in [-0.25, -0.2) is 0 Å². The Labute approximate surface area is 221 Å². The molecule has 0 saturated carbocycles. The molecule has 1 aromatic heterocycles. The Morgan fingerprint density at radius 3 is 2.67 bits per heavy atom. The van der Waals surface area contributed by atoms with E-state index >= 15 is 0 Å². The fraction of sp³-hybridized carbons (Fsp3) is 0.385. The number of carboxylic acid groups (broad SMARTS) is 1. The van der Waals surface area contributed by atoms with Gasteiger partial charge in [0.05, 0.1) is 16.7 Å². The van der Waals surface area contributed by atoms with Crippen molar-refractivity contribution in [3.05, 3.63) is 52.5 Å². The average Bonchev–Trinajstić information content (AvgIpc) is 3.30. The number of piperidine rings is 1. The topological polar surface area (TPSA) is 112 Å². The molecule has 1 fully saturated rings. The van der Waals surface area contributed by atoms with Gasteiger partial charge in [-0.3, -0.25) is 9.69 Å². The van der Waals surface area contributed by atoms with Crippen molar-refractivity contribution in [1.82, 2.24) is 15.0 Å². The fourth-order valence-electron chi connectivity index (χ4n) is 4.25. The third-order valence-electron chi connectivity index (χ3n) is 5.99. The molecule has 1 N–H and O–H groups in total. The molecule has 190 valence electrons. The van der Waals surface area contributed by atoms with Crippen molar-refractivity contribution in [2.45, 2.75) is 45.8 Å². The Balaban J connectivity index is 0.00000361. The van der Waals surface area contributed by atoms with Crippen LogP contribution in [0.3, 0.4) is 0 Å². The first-order valence-corrected chi connectivity index (χ1v) is 12.0. The van der Waals surface area contributed by atoms with E-state index in [1.165, 1.54) is 0 Å². The summed E-state index contributed by atoms with van der Waals surface area (Å²) in [7, 11) is 0. The number of ether oxygens (including phenoxy) is 1. The molecular formula is C26H28Cl2N4O4. The van der Waals surface area contributed by atoms with Gasteiger partial charge in [0.2, 0.25) is 5.82 Å². The monoisotopic (exact) mass is 530 g/mol. The summed E-state index contributed by atoms with van der Waals surface area (Å²) in [5, 5.41) is 23.1. The molecule has 0 unspecified atom stereocenters. The second-order valence-electron chi connectivity index (χ2n) is 9.04. The smallest absolute Gasteiger partial charge is 0.303 e. The Bertz CT molecular complexity index is 1250. The van der Waals surface area contributed by atoms with Crippen LogP contribution in [0.4, 0.5) is 0 Å². The van der Waals surface area contributed by atoms with Crippen LogP contribution in [-0.2, 0) is 11.3 Å². The molecule has 4 rings (SSSR count). The predicted molar refractivity (Wildman–Crippen MR) is 138 cm³/mol. The summed E-state index contributed by atoms with van der Waals surface area (Å²) in [5.74, 6) is 0.697. The second-order valence-corrected chi connectivity index (χ2v) is 9.45. The highest BCUT2D eigenvalue weighted by molar-refractivity contribution is 6.33. The van der Waals surface area contributed by atoms with Crippen LogP contribution < -0.4 is 4.74 Å². The highest BCUT2D eigenvalue weighted by Crippen LogP contribution is 2.31. The summed E-state index contributed by atoms with van der Waals surface area (Å²) < 4.78 is 11.1. The number of benzene rings is 2. The van der Waals surface area contributed by atoms with Crippen molar-refractivity contribution in [3.63, 3.8) is 0 Å². The van der Waals surface area contributed by atoms with Crippen LogP contribution in [0.5, 0.6) is 5.75 Å². The number of likely N-dealkylation sites (tertiary alicyclic amines) is 1. The predicted octanol–water partition coefficient (Wildman–Crippen LogP) is 5.82. The van der Waals surface area contributed by atoms with E-state index in [0.717, 1.165) is 38.0 Å². The number of carbonyl (C=O) groups is 1. The Morgan fingerprint density at radius 1 is 1.28 bits per heavy atom. The van der Waals surface area contributed by atoms with Gasteiger partial charge in [0.15, 0.2) is 0 Å². The molecule has 0 bridgehead atoms. The lowest BCUT2D eigenvalue weighted by Crippen LogP contribution is -2.33. The summed E-state index contributed by atoms with van der Waals surface area (Å²) in [6, 6.07) is 13.1. The minimum absolute atomic E-state index is 0. The number of nitriles is 1. The molecule has 1 aliphatic heterocycles. The molecule has 0 radical (unpaired) electrons. The van der Waals surface area contributed by atoms with Crippen LogP contribution in [0.2, 0.25) is 5.02 Å². The third-order valence-corrected chi connectivity index (χ3v) is 6.30. The van der Waals surface area contributed by atoms with E-state index in [2.05, 4.69) is 21.1 Å². The number of aliphatic carboxylic acids is 1.